The highest BCUT2D eigenvalue weighted by atomic mass is 35.5. The molecule has 9 heteroatoms. The van der Waals surface area contributed by atoms with Crippen LogP contribution in [0.1, 0.15) is 6.92 Å². The third-order valence-electron chi connectivity index (χ3n) is 4.22. The van der Waals surface area contributed by atoms with Crippen LogP contribution in [0.25, 0.3) is 21.5 Å². The first-order valence-corrected chi connectivity index (χ1v) is 10.4. The van der Waals surface area contributed by atoms with Gasteiger partial charge in [0.2, 0.25) is 5.91 Å². The largest absolute Gasteiger partial charge is 0.494 e. The van der Waals surface area contributed by atoms with Crippen molar-refractivity contribution >= 4 is 44.2 Å². The molecule has 0 saturated carbocycles. The van der Waals surface area contributed by atoms with Gasteiger partial charge in [0.15, 0.2) is 5.13 Å². The SMILES string of the molecule is CCOc1ccc2nc(NC(=O)Cn3nc(-c4ccc(Cl)cc4)ccc3=O)sc2c1. The van der Waals surface area contributed by atoms with Gasteiger partial charge in [0.1, 0.15) is 12.3 Å². The molecule has 0 unspecified atom stereocenters. The Balaban J connectivity index is 1.51. The van der Waals surface area contributed by atoms with Crippen LogP contribution in [0.3, 0.4) is 0 Å². The maximum Gasteiger partial charge on any atom is 0.267 e. The van der Waals surface area contributed by atoms with Crippen molar-refractivity contribution in [1.29, 1.82) is 0 Å². The zero-order valence-corrected chi connectivity index (χ0v) is 17.5. The fourth-order valence-corrected chi connectivity index (χ4v) is 3.88. The summed E-state index contributed by atoms with van der Waals surface area (Å²) in [7, 11) is 0. The van der Waals surface area contributed by atoms with Gasteiger partial charge in [-0.15, -0.1) is 0 Å². The van der Waals surface area contributed by atoms with Crippen LogP contribution < -0.4 is 15.6 Å². The highest BCUT2D eigenvalue weighted by molar-refractivity contribution is 7.22. The Hall–Kier alpha value is -3.23. The van der Waals surface area contributed by atoms with Crippen molar-refractivity contribution in [3.8, 4) is 17.0 Å². The van der Waals surface area contributed by atoms with E-state index in [0.717, 1.165) is 26.2 Å². The van der Waals surface area contributed by atoms with Crippen molar-refractivity contribution < 1.29 is 9.53 Å². The van der Waals surface area contributed by atoms with E-state index in [1.807, 2.05) is 25.1 Å². The van der Waals surface area contributed by atoms with Gasteiger partial charge >= 0.3 is 0 Å². The van der Waals surface area contributed by atoms with Crippen molar-refractivity contribution in [3.63, 3.8) is 0 Å². The van der Waals surface area contributed by atoms with Crippen molar-refractivity contribution in [2.75, 3.05) is 11.9 Å². The molecule has 0 fully saturated rings. The zero-order chi connectivity index (χ0) is 21.1. The van der Waals surface area contributed by atoms with Gasteiger partial charge in [-0.2, -0.15) is 5.10 Å². The number of nitrogens with zero attached hydrogens (tertiary/aromatic N) is 3. The number of hydrogen-bond acceptors (Lipinski definition) is 6. The molecule has 4 aromatic rings. The average Bonchev–Trinajstić information content (AvgIpc) is 3.12. The van der Waals surface area contributed by atoms with Crippen molar-refractivity contribution in [1.82, 2.24) is 14.8 Å². The van der Waals surface area contributed by atoms with Crippen LogP contribution in [0.4, 0.5) is 5.13 Å². The highest BCUT2D eigenvalue weighted by Gasteiger charge is 2.12. The zero-order valence-electron chi connectivity index (χ0n) is 16.0. The third-order valence-corrected chi connectivity index (χ3v) is 5.40. The monoisotopic (exact) mass is 440 g/mol. The Labute approximate surface area is 180 Å². The lowest BCUT2D eigenvalue weighted by atomic mass is 10.1. The van der Waals surface area contributed by atoms with Crippen LogP contribution in [0.15, 0.2) is 59.4 Å². The second-order valence-corrected chi connectivity index (χ2v) is 7.82. The molecule has 0 aliphatic rings. The van der Waals surface area contributed by atoms with E-state index in [9.17, 15) is 9.59 Å². The molecule has 7 nitrogen and oxygen atoms in total. The van der Waals surface area contributed by atoms with Crippen molar-refractivity contribution in [2.24, 2.45) is 0 Å². The molecule has 2 aromatic carbocycles. The second-order valence-electron chi connectivity index (χ2n) is 6.35. The Kier molecular flexibility index (Phi) is 5.78. The maximum absolute atomic E-state index is 12.5. The fraction of sp³-hybridized carbons (Fsp3) is 0.143. The Morgan fingerprint density at radius 2 is 1.97 bits per heavy atom. The number of hydrogen-bond donors (Lipinski definition) is 1. The minimum Gasteiger partial charge on any atom is -0.494 e. The van der Waals surface area contributed by atoms with E-state index in [1.165, 1.54) is 17.4 Å². The molecule has 2 heterocycles. The van der Waals surface area contributed by atoms with Gasteiger partial charge in [-0.05, 0) is 43.3 Å². The lowest BCUT2D eigenvalue weighted by molar-refractivity contribution is -0.117. The van der Waals surface area contributed by atoms with E-state index in [-0.39, 0.29) is 18.0 Å². The summed E-state index contributed by atoms with van der Waals surface area (Å²) >= 11 is 7.25. The Morgan fingerprint density at radius 3 is 2.73 bits per heavy atom. The third kappa shape index (κ3) is 4.50. The first-order valence-electron chi connectivity index (χ1n) is 9.19. The first-order chi connectivity index (χ1) is 14.5. The number of benzene rings is 2. The molecule has 0 bridgehead atoms. The van der Waals surface area contributed by atoms with Gasteiger partial charge in [0, 0.05) is 16.7 Å². The fourth-order valence-electron chi connectivity index (χ4n) is 2.85. The van der Waals surface area contributed by atoms with Crippen LogP contribution in [-0.4, -0.2) is 27.3 Å². The number of thiazole rings is 1. The number of ether oxygens (including phenoxy) is 1. The number of halogens is 1. The number of fused-ring (bicyclic) bond motifs is 1. The molecule has 0 atom stereocenters. The standard InChI is InChI=1S/C21H17ClN4O3S/c1-2-29-15-7-8-17-18(11-15)30-21(23-17)24-19(27)12-26-20(28)10-9-16(25-26)13-3-5-14(22)6-4-13/h3-11H,2,12H2,1H3,(H,23,24,27). The van der Waals surface area contributed by atoms with Crippen molar-refractivity contribution in [2.45, 2.75) is 13.5 Å². The summed E-state index contributed by atoms with van der Waals surface area (Å²) in [5.74, 6) is 0.364. The molecule has 0 radical (unpaired) electrons. The molecule has 152 valence electrons. The molecule has 0 spiro atoms. The lowest BCUT2D eigenvalue weighted by Gasteiger charge is -2.07. The molecule has 4 rings (SSSR count). The minimum absolute atomic E-state index is 0.222. The van der Waals surface area contributed by atoms with Crippen LogP contribution in [0.5, 0.6) is 5.75 Å². The van der Waals surface area contributed by atoms with Gasteiger partial charge in [-0.1, -0.05) is 35.1 Å². The molecular formula is C21H17ClN4O3S. The normalized spacial score (nSPS) is 10.9. The van der Waals surface area contributed by atoms with E-state index < -0.39 is 0 Å². The molecule has 0 aliphatic carbocycles. The molecule has 1 amide bonds. The average molecular weight is 441 g/mol. The molecule has 2 aromatic heterocycles. The minimum atomic E-state index is -0.387. The van der Waals surface area contributed by atoms with Gasteiger partial charge in [0.05, 0.1) is 22.5 Å². The summed E-state index contributed by atoms with van der Waals surface area (Å²) in [5.41, 5.74) is 1.76. The number of anilines is 1. The Morgan fingerprint density at radius 1 is 1.17 bits per heavy atom. The van der Waals surface area contributed by atoms with Gasteiger partial charge in [0.25, 0.3) is 5.56 Å². The van der Waals surface area contributed by atoms with E-state index in [4.69, 9.17) is 16.3 Å². The molecular weight excluding hydrogens is 424 g/mol. The van der Waals surface area contributed by atoms with Crippen LogP contribution >= 0.6 is 22.9 Å². The quantitative estimate of drug-likeness (QED) is 0.485. The highest BCUT2D eigenvalue weighted by Crippen LogP contribution is 2.29. The number of rotatable bonds is 6. The first kappa shape index (κ1) is 20.1. The van der Waals surface area contributed by atoms with Gasteiger partial charge < -0.3 is 10.1 Å². The number of carbonyl (C=O) groups excluding carboxylic acids is 1. The summed E-state index contributed by atoms with van der Waals surface area (Å²) in [6.45, 7) is 2.27. The topological polar surface area (TPSA) is 86.1 Å². The van der Waals surface area contributed by atoms with Crippen molar-refractivity contribution in [3.05, 3.63) is 70.0 Å². The Bertz CT molecular complexity index is 1270. The molecule has 30 heavy (non-hydrogen) atoms. The number of amides is 1. The van der Waals surface area contributed by atoms with E-state index in [2.05, 4.69) is 15.4 Å². The summed E-state index contributed by atoms with van der Waals surface area (Å²) in [6.07, 6.45) is 0. The smallest absolute Gasteiger partial charge is 0.267 e. The number of nitrogens with one attached hydrogen (secondary N) is 1. The van der Waals surface area contributed by atoms with E-state index in [0.29, 0.717) is 22.5 Å². The molecule has 0 saturated heterocycles. The molecule has 0 aliphatic heterocycles. The number of aromatic nitrogens is 3. The summed E-state index contributed by atoms with van der Waals surface area (Å²) in [4.78, 5) is 29.0. The van der Waals surface area contributed by atoms with E-state index >= 15 is 0 Å². The second kappa shape index (κ2) is 8.64. The lowest BCUT2D eigenvalue weighted by Crippen LogP contribution is -2.29. The summed E-state index contributed by atoms with van der Waals surface area (Å²) in [5, 5.41) is 8.09. The van der Waals surface area contributed by atoms with Gasteiger partial charge in [-0.25, -0.2) is 9.67 Å². The summed E-state index contributed by atoms with van der Waals surface area (Å²) < 4.78 is 7.51. The van der Waals surface area contributed by atoms with Gasteiger partial charge in [-0.3, -0.25) is 9.59 Å². The van der Waals surface area contributed by atoms with Crippen LogP contribution in [0, 0.1) is 0 Å². The van der Waals surface area contributed by atoms with Crippen LogP contribution in [0.2, 0.25) is 5.02 Å². The maximum atomic E-state index is 12.5. The predicted octanol–water partition coefficient (Wildman–Crippen LogP) is 4.21. The number of carbonyl (C=O) groups is 1. The predicted molar refractivity (Wildman–Crippen MR) is 118 cm³/mol. The van der Waals surface area contributed by atoms with E-state index in [1.54, 1.807) is 30.3 Å². The summed E-state index contributed by atoms with van der Waals surface area (Å²) in [6, 6.07) is 15.6. The molecule has 1 N–H and O–H groups in total. The van der Waals surface area contributed by atoms with Crippen LogP contribution in [-0.2, 0) is 11.3 Å².